The van der Waals surface area contributed by atoms with Crippen LogP contribution in [-0.2, 0) is 0 Å². The first-order chi connectivity index (χ1) is 9.33. The average molecular weight is 389 g/mol. The molecule has 0 saturated heterocycles. The summed E-state index contributed by atoms with van der Waals surface area (Å²) in [6.07, 6.45) is 1.75. The van der Waals surface area contributed by atoms with Crippen molar-refractivity contribution in [1.82, 2.24) is 10.6 Å². The van der Waals surface area contributed by atoms with Crippen molar-refractivity contribution >= 4 is 29.9 Å². The summed E-state index contributed by atoms with van der Waals surface area (Å²) >= 11 is 0. The predicted octanol–water partition coefficient (Wildman–Crippen LogP) is 1.80. The molecule has 0 radical (unpaired) electrons. The highest BCUT2D eigenvalue weighted by molar-refractivity contribution is 14.0. The highest BCUT2D eigenvalue weighted by Crippen LogP contribution is 2.30. The van der Waals surface area contributed by atoms with Gasteiger partial charge in [-0.2, -0.15) is 0 Å². The van der Waals surface area contributed by atoms with Gasteiger partial charge in [-0.1, -0.05) is 18.2 Å². The van der Waals surface area contributed by atoms with Gasteiger partial charge in [-0.05, 0) is 12.1 Å². The van der Waals surface area contributed by atoms with E-state index in [1.807, 2.05) is 24.3 Å². The molecule has 0 saturated carbocycles. The fourth-order valence-corrected chi connectivity index (χ4v) is 1.76. The van der Waals surface area contributed by atoms with Crippen molar-refractivity contribution in [1.29, 1.82) is 0 Å². The first kappa shape index (κ1) is 16.6. The fraction of sp³-hybridized carbons (Fsp3) is 0.357. The molecule has 1 aromatic rings. The van der Waals surface area contributed by atoms with Gasteiger partial charge in [0.15, 0.2) is 17.5 Å². The highest BCUT2D eigenvalue weighted by atomic mass is 127. The zero-order valence-corrected chi connectivity index (χ0v) is 13.8. The van der Waals surface area contributed by atoms with Gasteiger partial charge in [0.1, 0.15) is 12.7 Å². The predicted molar refractivity (Wildman–Crippen MR) is 91.3 cm³/mol. The van der Waals surface area contributed by atoms with Crippen molar-refractivity contribution in [2.45, 2.75) is 6.10 Å². The molecule has 0 amide bonds. The lowest BCUT2D eigenvalue weighted by Gasteiger charge is -2.27. The maximum atomic E-state index is 5.84. The van der Waals surface area contributed by atoms with Crippen molar-refractivity contribution in [2.24, 2.45) is 4.99 Å². The molecule has 6 heteroatoms. The van der Waals surface area contributed by atoms with Crippen LogP contribution in [0.15, 0.2) is 41.9 Å². The van der Waals surface area contributed by atoms with Gasteiger partial charge in [-0.25, -0.2) is 0 Å². The van der Waals surface area contributed by atoms with E-state index >= 15 is 0 Å². The Hall–Kier alpha value is -1.44. The van der Waals surface area contributed by atoms with Crippen LogP contribution in [-0.4, -0.2) is 38.8 Å². The van der Waals surface area contributed by atoms with Gasteiger partial charge >= 0.3 is 0 Å². The average Bonchev–Trinajstić information content (AvgIpc) is 2.47. The molecule has 1 heterocycles. The first-order valence-electron chi connectivity index (χ1n) is 6.27. The maximum Gasteiger partial charge on any atom is 0.191 e. The van der Waals surface area contributed by atoms with Crippen LogP contribution in [0, 0.1) is 0 Å². The van der Waals surface area contributed by atoms with E-state index in [0.717, 1.165) is 17.5 Å². The molecule has 0 aromatic heterocycles. The van der Waals surface area contributed by atoms with E-state index in [2.05, 4.69) is 22.2 Å². The van der Waals surface area contributed by atoms with E-state index in [1.54, 1.807) is 13.1 Å². The summed E-state index contributed by atoms with van der Waals surface area (Å²) in [6, 6.07) is 7.68. The fourth-order valence-electron chi connectivity index (χ4n) is 1.76. The van der Waals surface area contributed by atoms with Gasteiger partial charge in [0.2, 0.25) is 0 Å². The minimum Gasteiger partial charge on any atom is -0.486 e. The zero-order valence-electron chi connectivity index (χ0n) is 11.5. The number of nitrogens with one attached hydrogen (secondary N) is 2. The number of benzene rings is 1. The third-order valence-corrected chi connectivity index (χ3v) is 2.70. The number of aliphatic imine (C=N–C) groups is 1. The van der Waals surface area contributed by atoms with E-state index in [9.17, 15) is 0 Å². The second-order valence-corrected chi connectivity index (χ2v) is 4.12. The van der Waals surface area contributed by atoms with E-state index in [-0.39, 0.29) is 30.1 Å². The van der Waals surface area contributed by atoms with Gasteiger partial charge in [0.25, 0.3) is 0 Å². The summed E-state index contributed by atoms with van der Waals surface area (Å²) < 4.78 is 11.5. The summed E-state index contributed by atoms with van der Waals surface area (Å²) in [5.41, 5.74) is 0. The van der Waals surface area contributed by atoms with Crippen LogP contribution in [0.25, 0.3) is 0 Å². The lowest BCUT2D eigenvalue weighted by atomic mass is 10.2. The topological polar surface area (TPSA) is 54.9 Å². The third-order valence-electron chi connectivity index (χ3n) is 2.70. The largest absolute Gasteiger partial charge is 0.486 e. The van der Waals surface area contributed by atoms with Crippen LogP contribution in [0.1, 0.15) is 0 Å². The van der Waals surface area contributed by atoms with E-state index in [0.29, 0.717) is 19.7 Å². The molecule has 5 nitrogen and oxygen atoms in total. The van der Waals surface area contributed by atoms with Crippen LogP contribution < -0.4 is 20.1 Å². The van der Waals surface area contributed by atoms with Gasteiger partial charge in [0.05, 0.1) is 6.54 Å². The number of ether oxygens (including phenoxy) is 2. The second-order valence-electron chi connectivity index (χ2n) is 4.12. The Balaban J connectivity index is 0.00000200. The zero-order chi connectivity index (χ0) is 13.5. The molecule has 1 aliphatic heterocycles. The van der Waals surface area contributed by atoms with Gasteiger partial charge in [-0.3, -0.25) is 4.99 Å². The van der Waals surface area contributed by atoms with Gasteiger partial charge in [0, 0.05) is 13.6 Å². The number of nitrogens with zero attached hydrogens (tertiary/aromatic N) is 1. The molecule has 1 aromatic carbocycles. The molecular formula is C14H20IN3O2. The Labute approximate surface area is 136 Å². The molecular weight excluding hydrogens is 369 g/mol. The lowest BCUT2D eigenvalue weighted by Crippen LogP contribution is -2.45. The third kappa shape index (κ3) is 4.59. The minimum atomic E-state index is -0.0304. The normalized spacial score (nSPS) is 16.9. The number of hydrogen-bond donors (Lipinski definition) is 2. The Kier molecular flexibility index (Phi) is 7.21. The summed E-state index contributed by atoms with van der Waals surface area (Å²) in [5.74, 6) is 2.31. The van der Waals surface area contributed by atoms with Crippen molar-refractivity contribution in [2.75, 3.05) is 26.7 Å². The summed E-state index contributed by atoms with van der Waals surface area (Å²) in [5, 5.41) is 6.29. The molecule has 2 rings (SSSR count). The summed E-state index contributed by atoms with van der Waals surface area (Å²) in [7, 11) is 1.73. The maximum absolute atomic E-state index is 5.84. The number of guanidine groups is 1. The Morgan fingerprint density at radius 3 is 2.85 bits per heavy atom. The van der Waals surface area contributed by atoms with Crippen molar-refractivity contribution in [3.8, 4) is 11.5 Å². The summed E-state index contributed by atoms with van der Waals surface area (Å²) in [6.45, 7) is 5.48. The van der Waals surface area contributed by atoms with Crippen molar-refractivity contribution < 1.29 is 9.47 Å². The minimum absolute atomic E-state index is 0. The van der Waals surface area contributed by atoms with Crippen LogP contribution in [0.5, 0.6) is 11.5 Å². The molecule has 20 heavy (non-hydrogen) atoms. The number of halogens is 1. The van der Waals surface area contributed by atoms with Crippen LogP contribution in [0.4, 0.5) is 0 Å². The molecule has 0 bridgehead atoms. The summed E-state index contributed by atoms with van der Waals surface area (Å²) in [4.78, 5) is 4.10. The van der Waals surface area contributed by atoms with Crippen LogP contribution >= 0.6 is 24.0 Å². The Bertz CT molecular complexity index is 465. The SMILES string of the molecule is C=CCNC(=NC)NCC1COc2ccccc2O1.I. The van der Waals surface area contributed by atoms with Gasteiger partial charge in [-0.15, -0.1) is 30.6 Å². The van der Waals surface area contributed by atoms with E-state index in [4.69, 9.17) is 9.47 Å². The molecule has 110 valence electrons. The molecule has 2 N–H and O–H groups in total. The number of fused-ring (bicyclic) bond motifs is 1. The number of para-hydroxylation sites is 2. The molecule has 0 fully saturated rings. The standard InChI is InChI=1S/C14H19N3O2.HI/c1-3-8-16-14(15-2)17-9-11-10-18-12-6-4-5-7-13(12)19-11;/h3-7,11H,1,8-10H2,2H3,(H2,15,16,17);1H. The van der Waals surface area contributed by atoms with Crippen LogP contribution in [0.3, 0.4) is 0 Å². The van der Waals surface area contributed by atoms with Crippen molar-refractivity contribution in [3.05, 3.63) is 36.9 Å². The second kappa shape index (κ2) is 8.68. The quantitative estimate of drug-likeness (QED) is 0.357. The first-order valence-corrected chi connectivity index (χ1v) is 6.27. The number of rotatable bonds is 4. The molecule has 1 aliphatic rings. The Morgan fingerprint density at radius 1 is 1.40 bits per heavy atom. The monoisotopic (exact) mass is 389 g/mol. The molecule has 0 aliphatic carbocycles. The lowest BCUT2D eigenvalue weighted by molar-refractivity contribution is 0.0936. The van der Waals surface area contributed by atoms with Crippen molar-refractivity contribution in [3.63, 3.8) is 0 Å². The molecule has 1 atom stereocenters. The van der Waals surface area contributed by atoms with E-state index < -0.39 is 0 Å². The smallest absolute Gasteiger partial charge is 0.191 e. The van der Waals surface area contributed by atoms with Gasteiger partial charge < -0.3 is 20.1 Å². The molecule has 0 spiro atoms. The van der Waals surface area contributed by atoms with Crippen LogP contribution in [0.2, 0.25) is 0 Å². The van der Waals surface area contributed by atoms with E-state index in [1.165, 1.54) is 0 Å². The Morgan fingerprint density at radius 2 is 2.15 bits per heavy atom. The molecule has 1 unspecified atom stereocenters. The highest BCUT2D eigenvalue weighted by Gasteiger charge is 2.20. The number of hydrogen-bond acceptors (Lipinski definition) is 3.